The summed E-state index contributed by atoms with van der Waals surface area (Å²) in [5, 5.41) is 13.4. The fourth-order valence-electron chi connectivity index (χ4n) is 2.69. The Morgan fingerprint density at radius 2 is 2.15 bits per heavy atom. The Morgan fingerprint density at radius 1 is 1.40 bits per heavy atom. The van der Waals surface area contributed by atoms with Gasteiger partial charge in [0, 0.05) is 11.3 Å². The van der Waals surface area contributed by atoms with Gasteiger partial charge in [-0.05, 0) is 44.3 Å². The van der Waals surface area contributed by atoms with E-state index in [1.807, 2.05) is 0 Å². The van der Waals surface area contributed by atoms with Gasteiger partial charge in [-0.15, -0.1) is 0 Å². The van der Waals surface area contributed by atoms with Crippen molar-refractivity contribution in [2.75, 3.05) is 18.8 Å². The summed E-state index contributed by atoms with van der Waals surface area (Å²) >= 11 is 0. The van der Waals surface area contributed by atoms with Gasteiger partial charge in [0.1, 0.15) is 0 Å². The summed E-state index contributed by atoms with van der Waals surface area (Å²) in [4.78, 5) is 0. The van der Waals surface area contributed by atoms with Gasteiger partial charge in [-0.2, -0.15) is 13.2 Å². The van der Waals surface area contributed by atoms with Crippen molar-refractivity contribution in [3.63, 3.8) is 0 Å². The standard InChI is InChI=1S/C14H19F3N2O/c15-14(16,17)11-5-1-4-10(13(11)18)12(20)7-9-3-2-6-19-8-9/h1,4-5,9,12,19-20H,2-3,6-8,18H2. The number of para-hydroxylation sites is 1. The first kappa shape index (κ1) is 15.1. The van der Waals surface area contributed by atoms with E-state index < -0.39 is 17.8 Å². The summed E-state index contributed by atoms with van der Waals surface area (Å²) in [5.41, 5.74) is 4.51. The SMILES string of the molecule is Nc1c(C(O)CC2CCCNC2)cccc1C(F)(F)F. The summed E-state index contributed by atoms with van der Waals surface area (Å²) in [6.45, 7) is 1.74. The Labute approximate surface area is 116 Å². The summed E-state index contributed by atoms with van der Waals surface area (Å²) in [6, 6.07) is 3.69. The Hall–Kier alpha value is -1.27. The molecule has 2 rings (SSSR count). The number of aliphatic hydroxyl groups is 1. The normalized spacial score (nSPS) is 21.7. The lowest BCUT2D eigenvalue weighted by molar-refractivity contribution is -0.137. The van der Waals surface area contributed by atoms with Gasteiger partial charge in [-0.3, -0.25) is 0 Å². The zero-order valence-corrected chi connectivity index (χ0v) is 11.1. The third-order valence-corrected chi connectivity index (χ3v) is 3.76. The minimum Gasteiger partial charge on any atom is -0.398 e. The maximum Gasteiger partial charge on any atom is 0.418 e. The van der Waals surface area contributed by atoms with E-state index in [9.17, 15) is 18.3 Å². The predicted octanol–water partition coefficient (Wildman–Crippen LogP) is 2.71. The largest absolute Gasteiger partial charge is 0.418 e. The topological polar surface area (TPSA) is 58.3 Å². The lowest BCUT2D eigenvalue weighted by atomic mass is 9.90. The third-order valence-electron chi connectivity index (χ3n) is 3.76. The number of anilines is 1. The molecule has 1 heterocycles. The number of hydrogen-bond acceptors (Lipinski definition) is 3. The molecule has 6 heteroatoms. The van der Waals surface area contributed by atoms with E-state index in [-0.39, 0.29) is 17.2 Å². The maximum atomic E-state index is 12.8. The molecule has 0 aliphatic carbocycles. The highest BCUT2D eigenvalue weighted by Gasteiger charge is 2.34. The van der Waals surface area contributed by atoms with Gasteiger partial charge in [0.25, 0.3) is 0 Å². The van der Waals surface area contributed by atoms with E-state index in [0.717, 1.165) is 32.0 Å². The Kier molecular flexibility index (Phi) is 4.55. The monoisotopic (exact) mass is 288 g/mol. The van der Waals surface area contributed by atoms with Crippen LogP contribution in [-0.2, 0) is 6.18 Å². The van der Waals surface area contributed by atoms with Crippen LogP contribution in [0.4, 0.5) is 18.9 Å². The maximum absolute atomic E-state index is 12.8. The van der Waals surface area contributed by atoms with Crippen LogP contribution in [0.15, 0.2) is 18.2 Å². The lowest BCUT2D eigenvalue weighted by Gasteiger charge is -2.26. The molecule has 0 saturated carbocycles. The predicted molar refractivity (Wildman–Crippen MR) is 71.0 cm³/mol. The van der Waals surface area contributed by atoms with Gasteiger partial charge in [0.2, 0.25) is 0 Å². The second-order valence-corrected chi connectivity index (χ2v) is 5.27. The summed E-state index contributed by atoms with van der Waals surface area (Å²) < 4.78 is 38.3. The number of alkyl halides is 3. The molecule has 1 aliphatic rings. The lowest BCUT2D eigenvalue weighted by Crippen LogP contribution is -2.30. The number of hydrogen-bond donors (Lipinski definition) is 3. The minimum absolute atomic E-state index is 0.172. The average Bonchev–Trinajstić information content (AvgIpc) is 2.38. The molecule has 3 nitrogen and oxygen atoms in total. The Balaban J connectivity index is 2.15. The number of nitrogens with one attached hydrogen (secondary N) is 1. The molecule has 0 aromatic heterocycles. The molecule has 2 atom stereocenters. The molecule has 0 amide bonds. The van der Waals surface area contributed by atoms with E-state index in [1.54, 1.807) is 0 Å². The third kappa shape index (κ3) is 3.43. The molecule has 0 spiro atoms. The first-order chi connectivity index (χ1) is 9.39. The van der Waals surface area contributed by atoms with Gasteiger partial charge in [0.05, 0.1) is 11.7 Å². The molecule has 20 heavy (non-hydrogen) atoms. The van der Waals surface area contributed by atoms with Crippen LogP contribution in [0.5, 0.6) is 0 Å². The number of nitrogen functional groups attached to an aromatic ring is 1. The van der Waals surface area contributed by atoms with Crippen molar-refractivity contribution in [1.82, 2.24) is 5.32 Å². The van der Waals surface area contributed by atoms with E-state index in [2.05, 4.69) is 5.32 Å². The number of nitrogens with two attached hydrogens (primary N) is 1. The highest BCUT2D eigenvalue weighted by atomic mass is 19.4. The van der Waals surface area contributed by atoms with Crippen LogP contribution in [0.2, 0.25) is 0 Å². The van der Waals surface area contributed by atoms with Crippen molar-refractivity contribution in [3.05, 3.63) is 29.3 Å². The van der Waals surface area contributed by atoms with Crippen LogP contribution in [0.1, 0.15) is 36.5 Å². The van der Waals surface area contributed by atoms with Crippen molar-refractivity contribution in [2.24, 2.45) is 5.92 Å². The van der Waals surface area contributed by atoms with E-state index >= 15 is 0 Å². The molecular formula is C14H19F3N2O. The van der Waals surface area contributed by atoms with Crippen LogP contribution < -0.4 is 11.1 Å². The quantitative estimate of drug-likeness (QED) is 0.750. The van der Waals surface area contributed by atoms with E-state index in [4.69, 9.17) is 5.73 Å². The molecule has 0 bridgehead atoms. The number of aliphatic hydroxyl groups excluding tert-OH is 1. The van der Waals surface area contributed by atoms with Crippen LogP contribution >= 0.6 is 0 Å². The van der Waals surface area contributed by atoms with Gasteiger partial charge >= 0.3 is 6.18 Å². The van der Waals surface area contributed by atoms with Crippen LogP contribution in [-0.4, -0.2) is 18.2 Å². The summed E-state index contributed by atoms with van der Waals surface area (Å²) in [7, 11) is 0. The smallest absolute Gasteiger partial charge is 0.398 e. The number of benzene rings is 1. The average molecular weight is 288 g/mol. The Morgan fingerprint density at radius 3 is 2.75 bits per heavy atom. The van der Waals surface area contributed by atoms with Crippen LogP contribution in [0, 0.1) is 5.92 Å². The number of piperidine rings is 1. The highest BCUT2D eigenvalue weighted by Crippen LogP contribution is 2.38. The van der Waals surface area contributed by atoms with Gasteiger partial charge in [0.15, 0.2) is 0 Å². The molecule has 4 N–H and O–H groups in total. The second-order valence-electron chi connectivity index (χ2n) is 5.27. The molecule has 1 aromatic carbocycles. The fourth-order valence-corrected chi connectivity index (χ4v) is 2.69. The van der Waals surface area contributed by atoms with Gasteiger partial charge in [-0.25, -0.2) is 0 Å². The van der Waals surface area contributed by atoms with Gasteiger partial charge < -0.3 is 16.2 Å². The summed E-state index contributed by atoms with van der Waals surface area (Å²) in [6.07, 6.45) is -3.02. The van der Waals surface area contributed by atoms with Crippen molar-refractivity contribution >= 4 is 5.69 Å². The molecule has 1 aromatic rings. The molecule has 0 radical (unpaired) electrons. The molecule has 112 valence electrons. The van der Waals surface area contributed by atoms with Crippen molar-refractivity contribution < 1.29 is 18.3 Å². The zero-order chi connectivity index (χ0) is 14.8. The first-order valence-corrected chi connectivity index (χ1v) is 6.74. The van der Waals surface area contributed by atoms with Crippen molar-refractivity contribution in [3.8, 4) is 0 Å². The van der Waals surface area contributed by atoms with Crippen molar-refractivity contribution in [2.45, 2.75) is 31.5 Å². The minimum atomic E-state index is -4.49. The van der Waals surface area contributed by atoms with Crippen molar-refractivity contribution in [1.29, 1.82) is 0 Å². The molecular weight excluding hydrogens is 269 g/mol. The van der Waals surface area contributed by atoms with Crippen LogP contribution in [0.25, 0.3) is 0 Å². The number of rotatable bonds is 3. The van der Waals surface area contributed by atoms with Crippen LogP contribution in [0.3, 0.4) is 0 Å². The number of halogens is 3. The first-order valence-electron chi connectivity index (χ1n) is 6.74. The van der Waals surface area contributed by atoms with E-state index in [1.165, 1.54) is 12.1 Å². The molecule has 1 saturated heterocycles. The highest BCUT2D eigenvalue weighted by molar-refractivity contribution is 5.56. The fraction of sp³-hybridized carbons (Fsp3) is 0.571. The second kappa shape index (κ2) is 6.01. The molecule has 1 aliphatic heterocycles. The summed E-state index contributed by atoms with van der Waals surface area (Å²) in [5.74, 6) is 0.271. The zero-order valence-electron chi connectivity index (χ0n) is 11.1. The van der Waals surface area contributed by atoms with Gasteiger partial charge in [-0.1, -0.05) is 12.1 Å². The molecule has 1 fully saturated rings. The van der Waals surface area contributed by atoms with E-state index in [0.29, 0.717) is 6.42 Å². The molecule has 2 unspecified atom stereocenters. The Bertz CT molecular complexity index is 456.